The molecule has 0 spiro atoms. The fourth-order valence-corrected chi connectivity index (χ4v) is 3.03. The summed E-state index contributed by atoms with van der Waals surface area (Å²) in [5, 5.41) is 10.2. The zero-order valence-corrected chi connectivity index (χ0v) is 14.7. The average molecular weight is 321 g/mol. The Balaban J connectivity index is 1.65. The summed E-state index contributed by atoms with van der Waals surface area (Å²) < 4.78 is 1.89. The normalized spacial score (nSPS) is 17.7. The summed E-state index contributed by atoms with van der Waals surface area (Å²) in [6, 6.07) is 1.83. The summed E-state index contributed by atoms with van der Waals surface area (Å²) >= 11 is 0. The summed E-state index contributed by atoms with van der Waals surface area (Å²) in [6.45, 7) is 10.9. The van der Waals surface area contributed by atoms with Crippen molar-refractivity contribution in [1.82, 2.24) is 25.3 Å². The second-order valence-corrected chi connectivity index (χ2v) is 7.26. The minimum absolute atomic E-state index is 0.0123. The molecule has 1 aliphatic rings. The van der Waals surface area contributed by atoms with Gasteiger partial charge in [-0.2, -0.15) is 5.10 Å². The third-order valence-corrected chi connectivity index (χ3v) is 4.56. The number of likely N-dealkylation sites (tertiary alicyclic amines) is 1. The number of urea groups is 1. The second-order valence-electron chi connectivity index (χ2n) is 7.26. The van der Waals surface area contributed by atoms with Crippen LogP contribution in [0.15, 0.2) is 18.5 Å². The standard InChI is InChI=1S/C17H31N5O/c1-15(13-22-11-7-8-20-22)12-18-16(23)19-14-17(2,3)21-9-5-4-6-10-21/h7-8,11,15H,4-6,9-10,12-14H2,1-3H3,(H2,18,19,23)/t15-/m0/s1. The van der Waals surface area contributed by atoms with E-state index in [1.807, 2.05) is 16.9 Å². The molecule has 0 bridgehead atoms. The Morgan fingerprint density at radius 1 is 1.26 bits per heavy atom. The first kappa shape index (κ1) is 17.8. The fourth-order valence-electron chi connectivity index (χ4n) is 3.03. The summed E-state index contributed by atoms with van der Waals surface area (Å²) in [6.07, 6.45) is 7.57. The van der Waals surface area contributed by atoms with E-state index in [0.29, 0.717) is 19.0 Å². The maximum atomic E-state index is 12.0. The Morgan fingerprint density at radius 3 is 2.65 bits per heavy atom. The van der Waals surface area contributed by atoms with Crippen LogP contribution in [0.5, 0.6) is 0 Å². The van der Waals surface area contributed by atoms with Crippen LogP contribution < -0.4 is 10.6 Å². The molecular weight excluding hydrogens is 290 g/mol. The lowest BCUT2D eigenvalue weighted by Crippen LogP contribution is -2.54. The molecule has 0 aromatic carbocycles. The molecule has 2 N–H and O–H groups in total. The van der Waals surface area contributed by atoms with Crippen molar-refractivity contribution in [2.24, 2.45) is 5.92 Å². The van der Waals surface area contributed by atoms with Crippen molar-refractivity contribution in [3.8, 4) is 0 Å². The largest absolute Gasteiger partial charge is 0.338 e. The Morgan fingerprint density at radius 2 is 2.00 bits per heavy atom. The van der Waals surface area contributed by atoms with Crippen LogP contribution in [0, 0.1) is 5.92 Å². The van der Waals surface area contributed by atoms with E-state index in [-0.39, 0.29) is 11.6 Å². The molecule has 23 heavy (non-hydrogen) atoms. The van der Waals surface area contributed by atoms with E-state index in [4.69, 9.17) is 0 Å². The Labute approximate surface area is 139 Å². The van der Waals surface area contributed by atoms with Crippen molar-refractivity contribution in [1.29, 1.82) is 0 Å². The van der Waals surface area contributed by atoms with E-state index in [1.54, 1.807) is 6.20 Å². The molecule has 2 rings (SSSR count). The van der Waals surface area contributed by atoms with Gasteiger partial charge in [0.2, 0.25) is 0 Å². The molecule has 1 atom stereocenters. The number of hydrogen-bond donors (Lipinski definition) is 2. The summed E-state index contributed by atoms with van der Waals surface area (Å²) in [5.74, 6) is 0.343. The minimum Gasteiger partial charge on any atom is -0.338 e. The van der Waals surface area contributed by atoms with Gasteiger partial charge in [0.1, 0.15) is 0 Å². The van der Waals surface area contributed by atoms with Gasteiger partial charge in [0.05, 0.1) is 0 Å². The summed E-state index contributed by atoms with van der Waals surface area (Å²) in [7, 11) is 0. The van der Waals surface area contributed by atoms with Crippen LogP contribution in [0.3, 0.4) is 0 Å². The lowest BCUT2D eigenvalue weighted by atomic mass is 9.98. The number of hydrogen-bond acceptors (Lipinski definition) is 3. The molecule has 6 heteroatoms. The highest BCUT2D eigenvalue weighted by atomic mass is 16.2. The van der Waals surface area contributed by atoms with Crippen molar-refractivity contribution < 1.29 is 4.79 Å². The van der Waals surface area contributed by atoms with E-state index in [2.05, 4.69) is 41.4 Å². The van der Waals surface area contributed by atoms with E-state index >= 15 is 0 Å². The van der Waals surface area contributed by atoms with Crippen molar-refractivity contribution in [2.75, 3.05) is 26.2 Å². The van der Waals surface area contributed by atoms with Gasteiger partial charge in [0, 0.05) is 37.6 Å². The van der Waals surface area contributed by atoms with Crippen LogP contribution in [0.2, 0.25) is 0 Å². The smallest absolute Gasteiger partial charge is 0.314 e. The molecule has 0 unspecified atom stereocenters. The highest BCUT2D eigenvalue weighted by molar-refractivity contribution is 5.73. The van der Waals surface area contributed by atoms with Gasteiger partial charge in [-0.05, 0) is 51.8 Å². The van der Waals surface area contributed by atoms with E-state index in [9.17, 15) is 4.79 Å². The highest BCUT2D eigenvalue weighted by Crippen LogP contribution is 2.19. The number of amides is 2. The quantitative estimate of drug-likeness (QED) is 0.808. The van der Waals surface area contributed by atoms with Crippen LogP contribution >= 0.6 is 0 Å². The average Bonchev–Trinajstić information content (AvgIpc) is 3.05. The molecular formula is C17H31N5O. The lowest BCUT2D eigenvalue weighted by molar-refractivity contribution is 0.0959. The summed E-state index contributed by atoms with van der Waals surface area (Å²) in [4.78, 5) is 14.5. The molecule has 0 aliphatic carbocycles. The summed E-state index contributed by atoms with van der Waals surface area (Å²) in [5.41, 5.74) is 0.0123. The van der Waals surface area contributed by atoms with Gasteiger partial charge in [0.15, 0.2) is 0 Å². The predicted molar refractivity (Wildman–Crippen MR) is 92.3 cm³/mol. The number of nitrogens with one attached hydrogen (secondary N) is 2. The van der Waals surface area contributed by atoms with Gasteiger partial charge >= 0.3 is 6.03 Å². The molecule has 130 valence electrons. The first-order valence-electron chi connectivity index (χ1n) is 8.71. The molecule has 1 saturated heterocycles. The van der Waals surface area contributed by atoms with E-state index < -0.39 is 0 Å². The number of piperidine rings is 1. The van der Waals surface area contributed by atoms with Crippen molar-refractivity contribution in [2.45, 2.75) is 52.1 Å². The number of aromatic nitrogens is 2. The molecule has 0 radical (unpaired) electrons. The van der Waals surface area contributed by atoms with Crippen molar-refractivity contribution in [3.63, 3.8) is 0 Å². The van der Waals surface area contributed by atoms with Crippen molar-refractivity contribution in [3.05, 3.63) is 18.5 Å². The Kier molecular flexibility index (Phi) is 6.45. The third-order valence-electron chi connectivity index (χ3n) is 4.56. The number of carbonyl (C=O) groups is 1. The monoisotopic (exact) mass is 321 g/mol. The van der Waals surface area contributed by atoms with Gasteiger partial charge in [-0.3, -0.25) is 9.58 Å². The lowest BCUT2D eigenvalue weighted by Gasteiger charge is -2.41. The molecule has 2 heterocycles. The SMILES string of the molecule is C[C@@H](CNC(=O)NCC(C)(C)N1CCCCC1)Cn1cccn1. The van der Waals surface area contributed by atoms with Crippen LogP contribution in [0.1, 0.15) is 40.0 Å². The van der Waals surface area contributed by atoms with E-state index in [0.717, 1.165) is 19.6 Å². The van der Waals surface area contributed by atoms with Gasteiger partial charge in [-0.1, -0.05) is 13.3 Å². The topological polar surface area (TPSA) is 62.2 Å². The highest BCUT2D eigenvalue weighted by Gasteiger charge is 2.28. The van der Waals surface area contributed by atoms with Crippen molar-refractivity contribution >= 4 is 6.03 Å². The Hall–Kier alpha value is -1.56. The molecule has 0 saturated carbocycles. The number of nitrogens with zero attached hydrogens (tertiary/aromatic N) is 3. The first-order valence-corrected chi connectivity index (χ1v) is 8.71. The number of rotatable bonds is 7. The Bertz CT molecular complexity index is 465. The first-order chi connectivity index (χ1) is 11.0. The third kappa shape index (κ3) is 5.86. The van der Waals surface area contributed by atoms with E-state index in [1.165, 1.54) is 19.3 Å². The predicted octanol–water partition coefficient (Wildman–Crippen LogP) is 2.08. The maximum absolute atomic E-state index is 12.0. The zero-order chi connectivity index (χ0) is 16.7. The molecule has 1 aliphatic heterocycles. The fraction of sp³-hybridized carbons (Fsp3) is 0.765. The maximum Gasteiger partial charge on any atom is 0.314 e. The van der Waals surface area contributed by atoms with Crippen LogP contribution in [-0.4, -0.2) is 52.4 Å². The zero-order valence-electron chi connectivity index (χ0n) is 14.7. The van der Waals surface area contributed by atoms with Gasteiger partial charge in [0.25, 0.3) is 0 Å². The van der Waals surface area contributed by atoms with Gasteiger partial charge in [-0.25, -0.2) is 4.79 Å². The van der Waals surface area contributed by atoms with Crippen LogP contribution in [-0.2, 0) is 6.54 Å². The molecule has 1 aromatic heterocycles. The molecule has 1 aromatic rings. The molecule has 2 amide bonds. The molecule has 6 nitrogen and oxygen atoms in total. The molecule has 1 fully saturated rings. The van der Waals surface area contributed by atoms with Crippen LogP contribution in [0.4, 0.5) is 4.79 Å². The van der Waals surface area contributed by atoms with Gasteiger partial charge < -0.3 is 10.6 Å². The minimum atomic E-state index is -0.0811. The second kappa shape index (κ2) is 8.34. The van der Waals surface area contributed by atoms with Gasteiger partial charge in [-0.15, -0.1) is 0 Å². The van der Waals surface area contributed by atoms with Crippen LogP contribution in [0.25, 0.3) is 0 Å². The number of carbonyl (C=O) groups excluding carboxylic acids is 1.